The number of aliphatic hydroxyl groups is 1. The number of carboxylic acid groups (broad SMARTS) is 1. The summed E-state index contributed by atoms with van der Waals surface area (Å²) >= 11 is 0. The molecule has 0 bridgehead atoms. The lowest BCUT2D eigenvalue weighted by molar-refractivity contribution is -0.148. The number of nitrogens with zero attached hydrogens (tertiary/aromatic N) is 9. The van der Waals surface area contributed by atoms with Gasteiger partial charge < -0.3 is 73.4 Å². The summed E-state index contributed by atoms with van der Waals surface area (Å²) in [5, 5.41) is 32.7. The number of amides is 4. The van der Waals surface area contributed by atoms with E-state index in [0.717, 1.165) is 224 Å². The van der Waals surface area contributed by atoms with Crippen LogP contribution in [0.3, 0.4) is 0 Å². The highest BCUT2D eigenvalue weighted by atomic mass is 16.5. The lowest BCUT2D eigenvalue weighted by Crippen LogP contribution is -2.54. The Morgan fingerprint density at radius 3 is 1.26 bits per heavy atom. The Balaban J connectivity index is 0.000000112. The first-order chi connectivity index (χ1) is 72.9. The molecule has 3 aliphatic heterocycles. The number of allylic oxidation sites excluding steroid dienone is 2. The van der Waals surface area contributed by atoms with E-state index in [1.165, 1.54) is 27.3 Å². The molecule has 758 valence electrons. The van der Waals surface area contributed by atoms with Crippen molar-refractivity contribution in [1.29, 1.82) is 0 Å². The highest BCUT2D eigenvalue weighted by molar-refractivity contribution is 6.24. The zero-order valence-corrected chi connectivity index (χ0v) is 83.1. The molecule has 18 aromatic rings. The first-order valence-corrected chi connectivity index (χ1v) is 51.2. The number of imide groups is 2. The minimum Gasteiger partial charge on any atom is -0.494 e. The Labute approximate surface area is 859 Å². The molecule has 4 aliphatic carbocycles. The van der Waals surface area contributed by atoms with Crippen LogP contribution in [0.5, 0.6) is 29.3 Å². The fourth-order valence-corrected chi connectivity index (χ4v) is 19.6. The van der Waals surface area contributed by atoms with Gasteiger partial charge in [0, 0.05) is 234 Å². The molecule has 30 nitrogen and oxygen atoms in total. The van der Waals surface area contributed by atoms with Crippen molar-refractivity contribution in [2.75, 3.05) is 39.5 Å². The van der Waals surface area contributed by atoms with Gasteiger partial charge in [0.15, 0.2) is 0 Å². The largest absolute Gasteiger partial charge is 0.494 e. The monoisotopic (exact) mass is 2000 g/mol. The number of carboxylic acids is 1. The lowest BCUT2D eigenvalue weighted by Gasteiger charge is -2.34. The van der Waals surface area contributed by atoms with E-state index in [9.17, 15) is 28.8 Å². The van der Waals surface area contributed by atoms with Crippen LogP contribution >= 0.6 is 0 Å². The standard InChI is InChI=1S/C28H25N3O2.C23H29N3O6.C21H17N3O3.C21H19N3O2.C21H17N3O2.C5H10/c1-2-4-19(5-3-1)17-32-18-20-12-23(13-20)33-28-9-7-22(15-30-28)21-6-8-24-25-16-29-11-10-26(25)31-27(24)14-21;27-20-7-6-19(21(28)25-20)26-22(29)17-5-4-16(14-18(17)23(26)30)32-13-3-1-2-12-31-15-8-10-24-11-9-15;25-21(26)14-7-15(8-14)27-20-4-2-13(10-23-20)12-1-3-16-17-11-22-6-5-18(17)24-19(16)9-12;2*25-12-13-7-16(8-13)26-21-4-2-15(10-23-21)14-1-3-17-18-11-22-6-5-19(18)24-20(17)9-14;1-4-5(2)3/h1-11,14-16,20,23,31H,12-13,17-18H2;4-5,14-15,19,24H,1-3,6-13H2,(H,25,27,28);1-6,9-11,14-15,24H,7-8H2,(H,25,26);1-6,9-11,13,16,24-25H,7-8,12H2;1-6,9-13,16,24H,7-8H2;4H,1-3H3. The summed E-state index contributed by atoms with van der Waals surface area (Å²) in [6.07, 6.45) is 37.8. The van der Waals surface area contributed by atoms with Crippen LogP contribution in [-0.4, -0.2) is 187 Å². The average Bonchev–Trinajstić information content (AvgIpc) is 1.60. The highest BCUT2D eigenvalue weighted by Gasteiger charge is 2.45. The summed E-state index contributed by atoms with van der Waals surface area (Å²) in [6, 6.07) is 63.2. The molecule has 25 rings (SSSR count). The minimum absolute atomic E-state index is 0.0549. The highest BCUT2D eigenvalue weighted by Crippen LogP contribution is 2.41. The number of pyridine rings is 8. The molecule has 1 unspecified atom stereocenters. The summed E-state index contributed by atoms with van der Waals surface area (Å²) in [4.78, 5) is 120. The molecule has 4 amide bonds. The van der Waals surface area contributed by atoms with Gasteiger partial charge in [0.05, 0.1) is 43.0 Å². The number of hydrogen-bond acceptors (Lipinski definition) is 23. The van der Waals surface area contributed by atoms with E-state index in [1.807, 2.05) is 141 Å². The molecule has 30 heteroatoms. The number of aromatic amines is 4. The number of aliphatic hydroxyl groups excluding tert-OH is 1. The number of rotatable bonds is 28. The third-order valence-electron chi connectivity index (χ3n) is 28.6. The second-order valence-electron chi connectivity index (χ2n) is 39.2. The van der Waals surface area contributed by atoms with Crippen LogP contribution in [0.1, 0.15) is 143 Å². The van der Waals surface area contributed by atoms with Gasteiger partial charge in [-0.25, -0.2) is 19.9 Å². The number of aliphatic carboxylic acids is 1. The average molecular weight is 2000 g/mol. The summed E-state index contributed by atoms with van der Waals surface area (Å²) < 4.78 is 41.0. The minimum atomic E-state index is -0.962. The van der Waals surface area contributed by atoms with Crippen LogP contribution in [-0.2, 0) is 35.3 Å². The summed E-state index contributed by atoms with van der Waals surface area (Å²) in [5.74, 6) is 1.01. The Bertz CT molecular complexity index is 7820. The van der Waals surface area contributed by atoms with Gasteiger partial charge in [-0.3, -0.25) is 54.1 Å². The number of aromatic nitrogens is 12. The Hall–Kier alpha value is -16.3. The van der Waals surface area contributed by atoms with Crippen molar-refractivity contribution < 1.29 is 72.1 Å². The molecule has 0 spiro atoms. The maximum atomic E-state index is 12.8. The van der Waals surface area contributed by atoms with E-state index in [4.69, 9.17) is 43.4 Å². The fraction of sp³-hybridized carbons (Fsp3) is 0.294. The number of piperidine rings is 2. The smallest absolute Gasteiger partial charge is 0.306 e. The predicted octanol–water partition coefficient (Wildman–Crippen LogP) is 21.6. The van der Waals surface area contributed by atoms with Crippen LogP contribution in [0, 0.1) is 23.7 Å². The molecule has 1 atom stereocenters. The predicted molar refractivity (Wildman–Crippen MR) is 572 cm³/mol. The normalized spacial score (nSPS) is 19.1. The van der Waals surface area contributed by atoms with Crippen molar-refractivity contribution >= 4 is 123 Å². The van der Waals surface area contributed by atoms with Crippen LogP contribution in [0.15, 0.2) is 280 Å². The Morgan fingerprint density at radius 1 is 0.430 bits per heavy atom. The molecule has 6 fully saturated rings. The van der Waals surface area contributed by atoms with Crippen molar-refractivity contribution in [3.63, 3.8) is 0 Å². The molecule has 15 heterocycles. The number of carbonyl (C=O) groups excluding carboxylic acids is 5. The van der Waals surface area contributed by atoms with Gasteiger partial charge in [-0.1, -0.05) is 90.5 Å². The van der Waals surface area contributed by atoms with E-state index in [1.54, 1.807) is 43.0 Å². The van der Waals surface area contributed by atoms with Crippen molar-refractivity contribution in [3.05, 3.63) is 297 Å². The number of carbonyl (C=O) groups is 6. The molecule has 149 heavy (non-hydrogen) atoms. The molecule has 4 saturated carbocycles. The Morgan fingerprint density at radius 2 is 0.846 bits per heavy atom. The number of benzene rings is 6. The third-order valence-corrected chi connectivity index (χ3v) is 28.6. The molecule has 8 N–H and O–H groups in total. The van der Waals surface area contributed by atoms with Gasteiger partial charge in [0.1, 0.15) is 42.5 Å². The van der Waals surface area contributed by atoms with Gasteiger partial charge in [-0.2, -0.15) is 0 Å². The maximum Gasteiger partial charge on any atom is 0.306 e. The summed E-state index contributed by atoms with van der Waals surface area (Å²) in [6.45, 7) is 11.2. The van der Waals surface area contributed by atoms with E-state index in [-0.39, 0.29) is 66.8 Å². The number of nitrogens with one attached hydrogen (secondary N) is 6. The van der Waals surface area contributed by atoms with Crippen molar-refractivity contribution in [3.8, 4) is 73.8 Å². The van der Waals surface area contributed by atoms with Gasteiger partial charge in [-0.05, 0) is 254 Å². The number of aldehydes is 1. The number of hydrogen-bond donors (Lipinski definition) is 8. The van der Waals surface area contributed by atoms with E-state index in [2.05, 4.69) is 181 Å². The number of unbranched alkanes of at least 4 members (excludes halogenated alkanes) is 2. The fourth-order valence-electron chi connectivity index (χ4n) is 19.6. The van der Waals surface area contributed by atoms with Gasteiger partial charge >= 0.3 is 5.97 Å². The summed E-state index contributed by atoms with van der Waals surface area (Å²) in [5.41, 5.74) is 20.3. The van der Waals surface area contributed by atoms with Crippen LogP contribution in [0.25, 0.3) is 132 Å². The molecule has 2 saturated heterocycles. The zero-order valence-electron chi connectivity index (χ0n) is 83.1. The van der Waals surface area contributed by atoms with E-state index < -0.39 is 35.6 Å². The molecule has 6 aromatic carbocycles. The molecular formula is C119H117N15O15. The number of fused-ring (bicyclic) bond motifs is 13. The molecule has 7 aliphatic rings. The molecular weight excluding hydrogens is 1880 g/mol. The lowest BCUT2D eigenvalue weighted by atomic mass is 9.82. The van der Waals surface area contributed by atoms with E-state index >= 15 is 0 Å². The van der Waals surface area contributed by atoms with Gasteiger partial charge in [-0.15, -0.1) is 0 Å². The molecule has 12 aromatic heterocycles. The summed E-state index contributed by atoms with van der Waals surface area (Å²) in [7, 11) is 0. The number of ether oxygens (including phenoxy) is 7. The van der Waals surface area contributed by atoms with Crippen LogP contribution in [0.4, 0.5) is 0 Å². The van der Waals surface area contributed by atoms with Gasteiger partial charge in [0.2, 0.25) is 35.3 Å². The van der Waals surface area contributed by atoms with Crippen LogP contribution < -0.4 is 34.3 Å². The quantitative estimate of drug-likeness (QED) is 0.00977. The third kappa shape index (κ3) is 24.0. The first-order valence-electron chi connectivity index (χ1n) is 51.2. The molecule has 0 radical (unpaired) electrons. The van der Waals surface area contributed by atoms with Crippen molar-refractivity contribution in [1.82, 2.24) is 75.3 Å². The first kappa shape index (κ1) is 100. The topological polar surface area (TPSA) is 401 Å². The van der Waals surface area contributed by atoms with Crippen molar-refractivity contribution in [2.45, 2.75) is 160 Å². The second kappa shape index (κ2) is 46.6. The zero-order chi connectivity index (χ0) is 102. The second-order valence-corrected chi connectivity index (χ2v) is 39.2. The Kier molecular flexibility index (Phi) is 31.3. The van der Waals surface area contributed by atoms with Crippen molar-refractivity contribution in [2.24, 2.45) is 23.7 Å². The number of H-pyrrole nitrogens is 4. The SMILES string of the molecule is CC=C(C)C.O=C(O)C1CC(Oc2ccc(-c3ccc4c(c3)[nH]c3ccncc34)cn2)C1.O=C1CCC(N2C(=O)c3ccc(OCCCCCOC4CCNCC4)cc3C2=O)C(=O)N1.O=CC1CC(Oc2ccc(-c3ccc4c(c3)[nH]c3ccncc34)cn2)C1.OCC1CC(Oc2ccc(-c3ccc4c(c3)[nH]c3ccncc34)cn2)C1.c1ccc(COCC2CC(Oc3ccc(-c4ccc5c(c4)[nH]c4ccncc45)cn3)C2)cc1. The maximum absolute atomic E-state index is 12.8. The van der Waals surface area contributed by atoms with Crippen LogP contribution in [0.2, 0.25) is 0 Å². The van der Waals surface area contributed by atoms with E-state index in [0.29, 0.717) is 73.3 Å². The van der Waals surface area contributed by atoms with Gasteiger partial charge in [0.25, 0.3) is 11.8 Å².